The van der Waals surface area contributed by atoms with E-state index in [2.05, 4.69) is 15.3 Å². The highest BCUT2D eigenvalue weighted by Crippen LogP contribution is 2.34. The molecule has 0 aliphatic carbocycles. The van der Waals surface area contributed by atoms with Crippen molar-refractivity contribution in [2.45, 2.75) is 19.6 Å². The van der Waals surface area contributed by atoms with Crippen molar-refractivity contribution in [3.63, 3.8) is 0 Å². The smallest absolute Gasteiger partial charge is 0.416 e. The maximum absolute atomic E-state index is 12.6. The fraction of sp³-hybridized carbons (Fsp3) is 0.231. The average molecular weight is 313 g/mol. The van der Waals surface area contributed by atoms with Gasteiger partial charge in [-0.15, -0.1) is 0 Å². The molecule has 110 valence electrons. The van der Waals surface area contributed by atoms with E-state index in [0.29, 0.717) is 33.5 Å². The number of aryl methyl sites for hydroxylation is 1. The molecular weight excluding hydrogens is 303 g/mol. The lowest BCUT2D eigenvalue weighted by Gasteiger charge is -2.04. The molecule has 4 nitrogen and oxygen atoms in total. The van der Waals surface area contributed by atoms with Gasteiger partial charge in [0.2, 0.25) is 5.89 Å². The van der Waals surface area contributed by atoms with Gasteiger partial charge in [0.1, 0.15) is 5.76 Å². The second-order valence-electron chi connectivity index (χ2n) is 4.42. The summed E-state index contributed by atoms with van der Waals surface area (Å²) in [6, 6.07) is 3.53. The molecule has 0 saturated heterocycles. The van der Waals surface area contributed by atoms with Gasteiger partial charge >= 0.3 is 6.18 Å². The summed E-state index contributed by atoms with van der Waals surface area (Å²) in [4.78, 5) is 8.18. The van der Waals surface area contributed by atoms with Gasteiger partial charge in [-0.3, -0.25) is 0 Å². The van der Waals surface area contributed by atoms with Gasteiger partial charge in [0.25, 0.3) is 0 Å². The standard InChI is InChI=1S/C13H10F3N3OS/c1-7-5-17-11(20-7)6-18-12-19-9-4-8(13(14,15)16)2-3-10(9)21-12/h2-5H,6H2,1H3,(H,18,19). The highest BCUT2D eigenvalue weighted by molar-refractivity contribution is 7.22. The molecule has 2 aromatic heterocycles. The molecule has 3 rings (SSSR count). The van der Waals surface area contributed by atoms with Gasteiger partial charge in [0.05, 0.1) is 28.5 Å². The molecule has 0 unspecified atom stereocenters. The fourth-order valence-corrected chi connectivity index (χ4v) is 2.66. The molecular formula is C13H10F3N3OS. The van der Waals surface area contributed by atoms with Gasteiger partial charge in [-0.25, -0.2) is 9.97 Å². The topological polar surface area (TPSA) is 51.0 Å². The van der Waals surface area contributed by atoms with Crippen LogP contribution in [0.25, 0.3) is 10.2 Å². The number of thiazole rings is 1. The fourth-order valence-electron chi connectivity index (χ4n) is 1.81. The minimum atomic E-state index is -4.36. The van der Waals surface area contributed by atoms with Crippen LogP contribution in [0.2, 0.25) is 0 Å². The van der Waals surface area contributed by atoms with Crippen LogP contribution in [0.4, 0.5) is 18.3 Å². The van der Waals surface area contributed by atoms with Crippen LogP contribution in [-0.2, 0) is 12.7 Å². The molecule has 0 saturated carbocycles. The average Bonchev–Trinajstić information content (AvgIpc) is 2.99. The number of anilines is 1. The molecule has 21 heavy (non-hydrogen) atoms. The molecule has 0 atom stereocenters. The number of halogens is 3. The number of rotatable bonds is 3. The molecule has 2 heterocycles. The summed E-state index contributed by atoms with van der Waals surface area (Å²) < 4.78 is 43.9. The summed E-state index contributed by atoms with van der Waals surface area (Å²) in [6.07, 6.45) is -2.76. The Morgan fingerprint density at radius 3 is 2.81 bits per heavy atom. The molecule has 1 N–H and O–H groups in total. The van der Waals surface area contributed by atoms with E-state index in [4.69, 9.17) is 4.42 Å². The van der Waals surface area contributed by atoms with Crippen molar-refractivity contribution in [2.75, 3.05) is 5.32 Å². The van der Waals surface area contributed by atoms with E-state index in [9.17, 15) is 13.2 Å². The van der Waals surface area contributed by atoms with E-state index in [1.807, 2.05) is 0 Å². The van der Waals surface area contributed by atoms with E-state index in [0.717, 1.165) is 12.1 Å². The molecule has 0 bridgehead atoms. The number of fused-ring (bicyclic) bond motifs is 1. The van der Waals surface area contributed by atoms with Crippen LogP contribution in [0.1, 0.15) is 17.2 Å². The maximum atomic E-state index is 12.6. The highest BCUT2D eigenvalue weighted by Gasteiger charge is 2.30. The maximum Gasteiger partial charge on any atom is 0.416 e. The van der Waals surface area contributed by atoms with Gasteiger partial charge in [0, 0.05) is 0 Å². The second-order valence-corrected chi connectivity index (χ2v) is 5.45. The number of hydrogen-bond donors (Lipinski definition) is 1. The third-order valence-corrected chi connectivity index (χ3v) is 3.77. The zero-order chi connectivity index (χ0) is 15.0. The first-order valence-corrected chi connectivity index (χ1v) is 6.86. The van der Waals surface area contributed by atoms with E-state index in [-0.39, 0.29) is 0 Å². The lowest BCUT2D eigenvalue weighted by Crippen LogP contribution is -2.04. The van der Waals surface area contributed by atoms with Gasteiger partial charge < -0.3 is 9.73 Å². The first kappa shape index (κ1) is 13.9. The first-order valence-electron chi connectivity index (χ1n) is 6.05. The quantitative estimate of drug-likeness (QED) is 0.786. The van der Waals surface area contributed by atoms with Gasteiger partial charge in [-0.2, -0.15) is 13.2 Å². The normalized spacial score (nSPS) is 12.0. The molecule has 8 heteroatoms. The molecule has 0 spiro atoms. The SMILES string of the molecule is Cc1cnc(CNc2nc3cc(C(F)(F)F)ccc3s2)o1. The van der Waals surface area contributed by atoms with Crippen LogP contribution in [0.15, 0.2) is 28.8 Å². The van der Waals surface area contributed by atoms with Crippen molar-refractivity contribution in [3.8, 4) is 0 Å². The van der Waals surface area contributed by atoms with Crippen molar-refractivity contribution in [1.29, 1.82) is 0 Å². The number of hydrogen-bond acceptors (Lipinski definition) is 5. The largest absolute Gasteiger partial charge is 0.444 e. The van der Waals surface area contributed by atoms with Crippen LogP contribution in [0.3, 0.4) is 0 Å². The Labute approximate surface area is 121 Å². The number of alkyl halides is 3. The Morgan fingerprint density at radius 1 is 1.33 bits per heavy atom. The molecule has 0 fully saturated rings. The van der Waals surface area contributed by atoms with Crippen LogP contribution < -0.4 is 5.32 Å². The summed E-state index contributed by atoms with van der Waals surface area (Å²) in [6.45, 7) is 2.12. The Morgan fingerprint density at radius 2 is 2.14 bits per heavy atom. The molecule has 1 aromatic carbocycles. The third kappa shape index (κ3) is 2.99. The predicted molar refractivity (Wildman–Crippen MR) is 73.2 cm³/mol. The number of oxazole rings is 1. The zero-order valence-electron chi connectivity index (χ0n) is 10.9. The summed E-state index contributed by atoms with van der Waals surface area (Å²) in [7, 11) is 0. The van der Waals surface area contributed by atoms with Crippen molar-refractivity contribution in [3.05, 3.63) is 41.6 Å². The number of nitrogens with zero attached hydrogens (tertiary/aromatic N) is 2. The molecule has 0 amide bonds. The highest BCUT2D eigenvalue weighted by atomic mass is 32.1. The lowest BCUT2D eigenvalue weighted by atomic mass is 10.2. The minimum absolute atomic E-state index is 0.320. The lowest BCUT2D eigenvalue weighted by molar-refractivity contribution is -0.137. The first-order chi connectivity index (χ1) is 9.91. The minimum Gasteiger partial charge on any atom is -0.444 e. The van der Waals surface area contributed by atoms with E-state index < -0.39 is 11.7 Å². The summed E-state index contributed by atoms with van der Waals surface area (Å²) in [5, 5.41) is 3.52. The van der Waals surface area contributed by atoms with Crippen LogP contribution >= 0.6 is 11.3 Å². The van der Waals surface area contributed by atoms with Crippen molar-refractivity contribution in [1.82, 2.24) is 9.97 Å². The van der Waals surface area contributed by atoms with Crippen molar-refractivity contribution < 1.29 is 17.6 Å². The van der Waals surface area contributed by atoms with Crippen LogP contribution in [0.5, 0.6) is 0 Å². The Bertz CT molecular complexity index is 778. The number of nitrogens with one attached hydrogen (secondary N) is 1. The number of aromatic nitrogens is 2. The van der Waals surface area contributed by atoms with Gasteiger partial charge in [-0.05, 0) is 25.1 Å². The van der Waals surface area contributed by atoms with Crippen LogP contribution in [-0.4, -0.2) is 9.97 Å². The third-order valence-electron chi connectivity index (χ3n) is 2.77. The molecule has 3 aromatic rings. The predicted octanol–water partition coefficient (Wildman–Crippen LogP) is 4.22. The molecule has 0 aliphatic rings. The zero-order valence-corrected chi connectivity index (χ0v) is 11.7. The van der Waals surface area contributed by atoms with E-state index in [1.165, 1.54) is 17.4 Å². The summed E-state index contributed by atoms with van der Waals surface area (Å²) in [5.41, 5.74) is -0.379. The molecule has 0 aliphatic heterocycles. The summed E-state index contributed by atoms with van der Waals surface area (Å²) >= 11 is 1.28. The number of benzene rings is 1. The van der Waals surface area contributed by atoms with Gasteiger partial charge in [0.15, 0.2) is 5.13 Å². The van der Waals surface area contributed by atoms with E-state index >= 15 is 0 Å². The van der Waals surface area contributed by atoms with Crippen LogP contribution in [0, 0.1) is 6.92 Å². The Balaban J connectivity index is 1.80. The Hall–Kier alpha value is -2.09. The molecule has 0 radical (unpaired) electrons. The Kier molecular flexibility index (Phi) is 3.32. The second kappa shape index (κ2) is 5.03. The summed E-state index contributed by atoms with van der Waals surface area (Å²) in [5.74, 6) is 1.20. The van der Waals surface area contributed by atoms with Gasteiger partial charge in [-0.1, -0.05) is 11.3 Å². The van der Waals surface area contributed by atoms with Crippen molar-refractivity contribution >= 4 is 26.7 Å². The monoisotopic (exact) mass is 313 g/mol. The van der Waals surface area contributed by atoms with Crippen molar-refractivity contribution in [2.24, 2.45) is 0 Å². The van der Waals surface area contributed by atoms with E-state index in [1.54, 1.807) is 13.1 Å².